The molecule has 2 aromatic rings. The van der Waals surface area contributed by atoms with Crippen LogP contribution in [0.5, 0.6) is 0 Å². The van der Waals surface area contributed by atoms with Gasteiger partial charge in [0.15, 0.2) is 5.78 Å². The first-order valence-electron chi connectivity index (χ1n) is 6.06. The molecule has 0 aliphatic rings. The lowest BCUT2D eigenvalue weighted by molar-refractivity contribution is 0.104. The van der Waals surface area contributed by atoms with E-state index in [0.29, 0.717) is 5.56 Å². The van der Waals surface area contributed by atoms with E-state index in [2.05, 4.69) is 4.98 Å². The summed E-state index contributed by atoms with van der Waals surface area (Å²) in [6.45, 7) is 0. The molecule has 3 nitrogen and oxygen atoms in total. The zero-order valence-electron chi connectivity index (χ0n) is 11.1. The van der Waals surface area contributed by atoms with Crippen molar-refractivity contribution in [2.75, 3.05) is 19.0 Å². The number of aromatic nitrogens is 1. The second-order valence-corrected chi connectivity index (χ2v) is 4.42. The monoisotopic (exact) mass is 252 g/mol. The molecule has 0 N–H and O–H groups in total. The van der Waals surface area contributed by atoms with Crippen LogP contribution in [0.25, 0.3) is 6.08 Å². The zero-order valence-corrected chi connectivity index (χ0v) is 11.1. The number of nitrogens with zero attached hydrogens (tertiary/aromatic N) is 2. The molecule has 1 heterocycles. The van der Waals surface area contributed by atoms with Crippen molar-refractivity contribution in [3.8, 4) is 0 Å². The first kappa shape index (κ1) is 13.0. The van der Waals surface area contributed by atoms with Crippen molar-refractivity contribution in [1.82, 2.24) is 4.98 Å². The van der Waals surface area contributed by atoms with Crippen molar-refractivity contribution >= 4 is 17.5 Å². The van der Waals surface area contributed by atoms with Gasteiger partial charge in [-0.2, -0.15) is 0 Å². The number of hydrogen-bond acceptors (Lipinski definition) is 3. The largest absolute Gasteiger partial charge is 0.378 e. The Bertz CT molecular complexity index is 571. The average molecular weight is 252 g/mol. The van der Waals surface area contributed by atoms with E-state index in [9.17, 15) is 4.79 Å². The first-order chi connectivity index (χ1) is 9.16. The third-order valence-electron chi connectivity index (χ3n) is 2.80. The molecule has 0 aliphatic carbocycles. The number of pyridine rings is 1. The molecule has 1 aromatic carbocycles. The summed E-state index contributed by atoms with van der Waals surface area (Å²) in [6, 6.07) is 11.5. The average Bonchev–Trinajstić information content (AvgIpc) is 2.46. The quantitative estimate of drug-likeness (QED) is 0.619. The highest BCUT2D eigenvalue weighted by Crippen LogP contribution is 2.13. The van der Waals surface area contributed by atoms with Gasteiger partial charge in [0.05, 0.1) is 0 Å². The van der Waals surface area contributed by atoms with Gasteiger partial charge < -0.3 is 4.90 Å². The van der Waals surface area contributed by atoms with E-state index < -0.39 is 0 Å². The third kappa shape index (κ3) is 3.52. The summed E-state index contributed by atoms with van der Waals surface area (Å²) in [7, 11) is 4.00. The molecule has 0 atom stereocenters. The Morgan fingerprint density at radius 2 is 1.68 bits per heavy atom. The lowest BCUT2D eigenvalue weighted by atomic mass is 10.1. The van der Waals surface area contributed by atoms with Gasteiger partial charge in [-0.05, 0) is 35.9 Å². The van der Waals surface area contributed by atoms with E-state index in [4.69, 9.17) is 0 Å². The molecule has 0 unspecified atom stereocenters. The molecule has 0 amide bonds. The molecule has 96 valence electrons. The van der Waals surface area contributed by atoms with Crippen LogP contribution in [0, 0.1) is 0 Å². The van der Waals surface area contributed by atoms with Crippen LogP contribution in [0.15, 0.2) is 54.9 Å². The highest BCUT2D eigenvalue weighted by Gasteiger charge is 2.00. The maximum atomic E-state index is 11.9. The molecule has 0 saturated carbocycles. The second-order valence-electron chi connectivity index (χ2n) is 4.42. The Hall–Kier alpha value is -2.42. The maximum absolute atomic E-state index is 11.9. The Morgan fingerprint density at radius 1 is 1.05 bits per heavy atom. The fraction of sp³-hybridized carbons (Fsp3) is 0.125. The molecule has 0 spiro atoms. The predicted octanol–water partition coefficient (Wildman–Crippen LogP) is 3.04. The molecule has 0 fully saturated rings. The summed E-state index contributed by atoms with van der Waals surface area (Å²) in [5, 5.41) is 0. The van der Waals surface area contributed by atoms with E-state index in [0.717, 1.165) is 11.3 Å². The Balaban J connectivity index is 2.08. The van der Waals surface area contributed by atoms with Gasteiger partial charge in [-0.1, -0.05) is 18.2 Å². The molecule has 2 rings (SSSR count). The highest BCUT2D eigenvalue weighted by atomic mass is 16.1. The van der Waals surface area contributed by atoms with E-state index in [1.165, 1.54) is 0 Å². The first-order valence-corrected chi connectivity index (χ1v) is 6.06. The molecule has 0 radical (unpaired) electrons. The van der Waals surface area contributed by atoms with Crippen LogP contribution in [-0.2, 0) is 0 Å². The molecule has 19 heavy (non-hydrogen) atoms. The molecular weight excluding hydrogens is 236 g/mol. The van der Waals surface area contributed by atoms with Crippen LogP contribution in [-0.4, -0.2) is 24.9 Å². The van der Waals surface area contributed by atoms with E-state index in [1.54, 1.807) is 30.6 Å². The van der Waals surface area contributed by atoms with E-state index in [-0.39, 0.29) is 5.78 Å². The molecule has 1 aromatic heterocycles. The summed E-state index contributed by atoms with van der Waals surface area (Å²) in [4.78, 5) is 17.8. The number of ketones is 1. The number of carbonyl (C=O) groups excluding carboxylic acids is 1. The summed E-state index contributed by atoms with van der Waals surface area (Å²) >= 11 is 0. The van der Waals surface area contributed by atoms with Crippen LogP contribution in [0.3, 0.4) is 0 Å². The minimum Gasteiger partial charge on any atom is -0.378 e. The lowest BCUT2D eigenvalue weighted by Crippen LogP contribution is -2.07. The van der Waals surface area contributed by atoms with Gasteiger partial charge >= 0.3 is 0 Å². The Morgan fingerprint density at radius 3 is 2.26 bits per heavy atom. The van der Waals surface area contributed by atoms with Gasteiger partial charge in [0.1, 0.15) is 0 Å². The minimum absolute atomic E-state index is 0.0147. The van der Waals surface area contributed by atoms with Crippen molar-refractivity contribution in [2.45, 2.75) is 0 Å². The number of carbonyl (C=O) groups is 1. The molecule has 0 saturated heterocycles. The van der Waals surface area contributed by atoms with Gasteiger partial charge in [-0.25, -0.2) is 0 Å². The zero-order chi connectivity index (χ0) is 13.7. The van der Waals surface area contributed by atoms with Crippen molar-refractivity contribution in [3.63, 3.8) is 0 Å². The summed E-state index contributed by atoms with van der Waals surface area (Å²) < 4.78 is 0. The van der Waals surface area contributed by atoms with Crippen molar-refractivity contribution in [2.24, 2.45) is 0 Å². The Labute approximate surface area is 113 Å². The van der Waals surface area contributed by atoms with Gasteiger partial charge in [-0.15, -0.1) is 0 Å². The molecule has 3 heteroatoms. The van der Waals surface area contributed by atoms with Gasteiger partial charge in [0, 0.05) is 37.7 Å². The topological polar surface area (TPSA) is 33.2 Å². The fourth-order valence-electron chi connectivity index (χ4n) is 1.67. The third-order valence-corrected chi connectivity index (χ3v) is 2.80. The van der Waals surface area contributed by atoms with E-state index in [1.807, 2.05) is 49.3 Å². The summed E-state index contributed by atoms with van der Waals surface area (Å²) in [5.41, 5.74) is 2.79. The van der Waals surface area contributed by atoms with Crippen LogP contribution < -0.4 is 4.90 Å². The maximum Gasteiger partial charge on any atom is 0.185 e. The number of rotatable bonds is 4. The number of allylic oxidation sites excluding steroid dienone is 1. The minimum atomic E-state index is -0.0147. The molecule has 0 bridgehead atoms. The number of anilines is 1. The SMILES string of the molecule is CN(C)c1ccc(/C=C\C(=O)c2ccncc2)cc1. The molecular formula is C16H16N2O. The van der Waals surface area contributed by atoms with Crippen molar-refractivity contribution < 1.29 is 4.79 Å². The summed E-state index contributed by atoms with van der Waals surface area (Å²) in [5.74, 6) is -0.0147. The number of benzene rings is 1. The lowest BCUT2D eigenvalue weighted by Gasteiger charge is -2.11. The van der Waals surface area contributed by atoms with Crippen LogP contribution in [0.1, 0.15) is 15.9 Å². The molecule has 0 aliphatic heterocycles. The van der Waals surface area contributed by atoms with E-state index >= 15 is 0 Å². The summed E-state index contributed by atoms with van der Waals surface area (Å²) in [6.07, 6.45) is 6.64. The van der Waals surface area contributed by atoms with Crippen LogP contribution >= 0.6 is 0 Å². The smallest absolute Gasteiger partial charge is 0.185 e. The van der Waals surface area contributed by atoms with Gasteiger partial charge in [-0.3, -0.25) is 9.78 Å². The van der Waals surface area contributed by atoms with Crippen molar-refractivity contribution in [3.05, 3.63) is 66.0 Å². The Kier molecular flexibility index (Phi) is 4.08. The van der Waals surface area contributed by atoms with Crippen LogP contribution in [0.4, 0.5) is 5.69 Å². The second kappa shape index (κ2) is 5.96. The number of hydrogen-bond donors (Lipinski definition) is 0. The fourth-order valence-corrected chi connectivity index (χ4v) is 1.67. The highest BCUT2D eigenvalue weighted by molar-refractivity contribution is 6.06. The van der Waals surface area contributed by atoms with Gasteiger partial charge in [0.25, 0.3) is 0 Å². The standard InChI is InChI=1S/C16H16N2O/c1-18(2)15-6-3-13(4-7-15)5-8-16(19)14-9-11-17-12-10-14/h3-12H,1-2H3/b8-5-. The van der Waals surface area contributed by atoms with Crippen LogP contribution in [0.2, 0.25) is 0 Å². The normalized spacial score (nSPS) is 10.6. The van der Waals surface area contributed by atoms with Crippen molar-refractivity contribution in [1.29, 1.82) is 0 Å². The predicted molar refractivity (Wildman–Crippen MR) is 78.4 cm³/mol. The van der Waals surface area contributed by atoms with Gasteiger partial charge in [0.2, 0.25) is 0 Å².